The van der Waals surface area contributed by atoms with Crippen LogP contribution in [0.1, 0.15) is 17.8 Å². The maximum absolute atomic E-state index is 13.5. The normalized spacial score (nSPS) is 20.7. The molecule has 1 atom stereocenters. The van der Waals surface area contributed by atoms with Crippen LogP contribution in [0.5, 0.6) is 0 Å². The predicted octanol–water partition coefficient (Wildman–Crippen LogP) is 0.502. The first-order chi connectivity index (χ1) is 14.7. The van der Waals surface area contributed by atoms with Crippen LogP contribution in [0.25, 0.3) is 0 Å². The number of carbonyl (C=O) groups is 2. The fourth-order valence-electron chi connectivity index (χ4n) is 4.02. The molecule has 2 aromatic rings. The third-order valence-corrected chi connectivity index (χ3v) is 7.59. The number of hydrogen-bond donors (Lipinski definition) is 0. The third kappa shape index (κ3) is 4.07. The highest BCUT2D eigenvalue weighted by Gasteiger charge is 2.42. The van der Waals surface area contributed by atoms with E-state index < -0.39 is 21.9 Å². The minimum absolute atomic E-state index is 0.0437. The average Bonchev–Trinajstić information content (AvgIpc) is 2.91. The average molecular weight is 450 g/mol. The van der Waals surface area contributed by atoms with Crippen molar-refractivity contribution < 1.29 is 22.4 Å². The summed E-state index contributed by atoms with van der Waals surface area (Å²) >= 11 is 0. The lowest BCUT2D eigenvalue weighted by Crippen LogP contribution is -2.59. The van der Waals surface area contributed by atoms with Gasteiger partial charge in [-0.3, -0.25) is 9.59 Å². The number of aromatic nitrogens is 2. The summed E-state index contributed by atoms with van der Waals surface area (Å²) in [5.74, 6) is -0.329. The Morgan fingerprint density at radius 1 is 1.19 bits per heavy atom. The summed E-state index contributed by atoms with van der Waals surface area (Å²) in [7, 11) is -2.12. The Morgan fingerprint density at radius 3 is 2.65 bits per heavy atom. The molecule has 1 aromatic carbocycles. The van der Waals surface area contributed by atoms with Crippen LogP contribution in [0.15, 0.2) is 35.5 Å². The van der Waals surface area contributed by atoms with Crippen molar-refractivity contribution in [3.05, 3.63) is 47.7 Å². The van der Waals surface area contributed by atoms with Gasteiger partial charge in [-0.15, -0.1) is 0 Å². The summed E-state index contributed by atoms with van der Waals surface area (Å²) in [5.41, 5.74) is 0.595. The lowest BCUT2D eigenvalue weighted by molar-refractivity contribution is -0.156. The zero-order valence-electron chi connectivity index (χ0n) is 17.4. The van der Waals surface area contributed by atoms with Gasteiger partial charge in [-0.05, 0) is 31.0 Å². The van der Waals surface area contributed by atoms with Gasteiger partial charge in [-0.25, -0.2) is 17.8 Å². The van der Waals surface area contributed by atoms with Crippen LogP contribution < -0.4 is 0 Å². The highest BCUT2D eigenvalue weighted by molar-refractivity contribution is 7.89. The van der Waals surface area contributed by atoms with Crippen LogP contribution in [0.4, 0.5) is 4.39 Å². The molecule has 166 valence electrons. The van der Waals surface area contributed by atoms with Crippen molar-refractivity contribution in [1.82, 2.24) is 23.7 Å². The molecule has 0 aliphatic carbocycles. The molecule has 1 aromatic heterocycles. The highest BCUT2D eigenvalue weighted by Crippen LogP contribution is 2.24. The van der Waals surface area contributed by atoms with Gasteiger partial charge in [0.15, 0.2) is 5.03 Å². The Bertz CT molecular complexity index is 1110. The molecule has 0 N–H and O–H groups in total. The van der Waals surface area contributed by atoms with Crippen molar-refractivity contribution >= 4 is 21.8 Å². The molecule has 2 aliphatic rings. The van der Waals surface area contributed by atoms with Crippen LogP contribution in [0.3, 0.4) is 0 Å². The molecule has 31 heavy (non-hydrogen) atoms. The van der Waals surface area contributed by atoms with E-state index in [1.165, 1.54) is 32.4 Å². The van der Waals surface area contributed by atoms with E-state index in [9.17, 15) is 22.4 Å². The summed E-state index contributed by atoms with van der Waals surface area (Å²) in [4.78, 5) is 32.8. The summed E-state index contributed by atoms with van der Waals surface area (Å²) in [6, 6.07) is 5.17. The minimum Gasteiger partial charge on any atom is -0.337 e. The number of halogens is 1. The molecule has 2 aliphatic heterocycles. The first-order valence-electron chi connectivity index (χ1n) is 9.99. The summed E-state index contributed by atoms with van der Waals surface area (Å²) in [6.07, 6.45) is 1.65. The maximum Gasteiger partial charge on any atom is 0.262 e. The Labute approximate surface area is 180 Å². The van der Waals surface area contributed by atoms with E-state index in [4.69, 9.17) is 0 Å². The van der Waals surface area contributed by atoms with Gasteiger partial charge in [-0.2, -0.15) is 4.31 Å². The van der Waals surface area contributed by atoms with E-state index in [1.54, 1.807) is 30.7 Å². The second-order valence-corrected chi connectivity index (χ2v) is 9.74. The Morgan fingerprint density at radius 2 is 1.97 bits per heavy atom. The quantitative estimate of drug-likeness (QED) is 0.678. The number of piperazine rings is 1. The number of benzene rings is 1. The van der Waals surface area contributed by atoms with Gasteiger partial charge in [0.25, 0.3) is 10.0 Å². The zero-order valence-corrected chi connectivity index (χ0v) is 18.2. The van der Waals surface area contributed by atoms with E-state index in [0.717, 1.165) is 0 Å². The number of nitrogens with zero attached hydrogens (tertiary/aromatic N) is 5. The zero-order chi connectivity index (χ0) is 22.3. The standard InChI is InChI=1S/C20H24FN5O4S/c1-14-22-18(12-23(14)2)31(29,30)25-7-6-17-20(28)24(13-19(27)26(17)9-8-25)11-15-4-3-5-16(21)10-15/h3-5,10,12,17H,6-9,11,13H2,1-2H3. The van der Waals surface area contributed by atoms with E-state index in [0.29, 0.717) is 11.4 Å². The molecule has 0 radical (unpaired) electrons. The van der Waals surface area contributed by atoms with Crippen molar-refractivity contribution in [1.29, 1.82) is 0 Å². The molecule has 1 unspecified atom stereocenters. The highest BCUT2D eigenvalue weighted by atomic mass is 32.2. The van der Waals surface area contributed by atoms with Gasteiger partial charge in [0.1, 0.15) is 24.2 Å². The second kappa shape index (κ2) is 8.04. The molecular weight excluding hydrogens is 425 g/mol. The maximum atomic E-state index is 13.5. The van der Waals surface area contributed by atoms with Gasteiger partial charge in [0, 0.05) is 39.4 Å². The topological polar surface area (TPSA) is 95.8 Å². The van der Waals surface area contributed by atoms with E-state index >= 15 is 0 Å². The molecular formula is C20H24FN5O4S. The molecule has 2 amide bonds. The van der Waals surface area contributed by atoms with Crippen LogP contribution >= 0.6 is 0 Å². The lowest BCUT2D eigenvalue weighted by Gasteiger charge is -2.39. The van der Waals surface area contributed by atoms with E-state index in [2.05, 4.69) is 4.98 Å². The van der Waals surface area contributed by atoms with Crippen molar-refractivity contribution in [2.75, 3.05) is 26.2 Å². The molecule has 0 saturated carbocycles. The Balaban J connectivity index is 1.52. The second-order valence-electron chi connectivity index (χ2n) is 7.86. The number of hydrogen-bond acceptors (Lipinski definition) is 5. The van der Waals surface area contributed by atoms with E-state index in [-0.39, 0.29) is 56.0 Å². The molecule has 0 spiro atoms. The molecule has 3 heterocycles. The van der Waals surface area contributed by atoms with Crippen molar-refractivity contribution in [2.45, 2.75) is 31.0 Å². The molecule has 4 rings (SSSR count). The summed E-state index contributed by atoms with van der Waals surface area (Å²) < 4.78 is 42.5. The van der Waals surface area contributed by atoms with Crippen LogP contribution in [0, 0.1) is 12.7 Å². The van der Waals surface area contributed by atoms with Crippen LogP contribution in [-0.2, 0) is 33.2 Å². The fourth-order valence-corrected chi connectivity index (χ4v) is 5.49. The summed E-state index contributed by atoms with van der Waals surface area (Å²) in [5, 5.41) is -0.0437. The fraction of sp³-hybridized carbons (Fsp3) is 0.450. The predicted molar refractivity (Wildman–Crippen MR) is 109 cm³/mol. The number of sulfonamides is 1. The number of carbonyl (C=O) groups excluding carboxylic acids is 2. The molecule has 11 heteroatoms. The Kier molecular flexibility index (Phi) is 5.56. The largest absolute Gasteiger partial charge is 0.337 e. The first-order valence-corrected chi connectivity index (χ1v) is 11.4. The van der Waals surface area contributed by atoms with Gasteiger partial charge in [0.2, 0.25) is 11.8 Å². The van der Waals surface area contributed by atoms with E-state index in [1.807, 2.05) is 0 Å². The number of fused-ring (bicyclic) bond motifs is 1. The van der Waals surface area contributed by atoms with Crippen molar-refractivity contribution in [3.8, 4) is 0 Å². The number of aryl methyl sites for hydroxylation is 2. The van der Waals surface area contributed by atoms with Crippen molar-refractivity contribution in [2.24, 2.45) is 7.05 Å². The minimum atomic E-state index is -3.83. The summed E-state index contributed by atoms with van der Waals surface area (Å²) in [6.45, 7) is 2.06. The third-order valence-electron chi connectivity index (χ3n) is 5.81. The van der Waals surface area contributed by atoms with Gasteiger partial charge in [0.05, 0.1) is 0 Å². The lowest BCUT2D eigenvalue weighted by atomic mass is 10.1. The molecule has 0 bridgehead atoms. The molecule has 2 saturated heterocycles. The number of imidazole rings is 1. The molecule has 2 fully saturated rings. The monoisotopic (exact) mass is 449 g/mol. The van der Waals surface area contributed by atoms with Gasteiger partial charge >= 0.3 is 0 Å². The van der Waals surface area contributed by atoms with Gasteiger partial charge < -0.3 is 14.4 Å². The molecule has 9 nitrogen and oxygen atoms in total. The number of amides is 2. The van der Waals surface area contributed by atoms with Crippen LogP contribution in [0.2, 0.25) is 0 Å². The van der Waals surface area contributed by atoms with Gasteiger partial charge in [-0.1, -0.05) is 12.1 Å². The first kappa shape index (κ1) is 21.4. The SMILES string of the molecule is Cc1nc(S(=O)(=O)N2CCC3C(=O)N(Cc4cccc(F)c4)CC(=O)N3CC2)cn1C. The van der Waals surface area contributed by atoms with Crippen molar-refractivity contribution in [3.63, 3.8) is 0 Å². The Hall–Kier alpha value is -2.79. The van der Waals surface area contributed by atoms with Crippen LogP contribution in [-0.4, -0.2) is 76.1 Å². The smallest absolute Gasteiger partial charge is 0.262 e. The number of rotatable bonds is 4.